The van der Waals surface area contributed by atoms with Gasteiger partial charge >= 0.3 is 6.03 Å². The maximum absolute atomic E-state index is 11.7. The molecule has 0 spiro atoms. The molecule has 92 valence electrons. The fourth-order valence-electron chi connectivity index (χ4n) is 2.05. The van der Waals surface area contributed by atoms with E-state index in [4.69, 9.17) is 4.74 Å². The van der Waals surface area contributed by atoms with Gasteiger partial charge in [0.2, 0.25) is 0 Å². The van der Waals surface area contributed by atoms with Crippen molar-refractivity contribution < 1.29 is 9.53 Å². The highest BCUT2D eigenvalue weighted by molar-refractivity contribution is 5.89. The molecule has 1 aromatic rings. The zero-order valence-electron chi connectivity index (χ0n) is 10.2. The zero-order chi connectivity index (χ0) is 12.3. The van der Waals surface area contributed by atoms with Crippen molar-refractivity contribution in [2.75, 3.05) is 11.9 Å². The summed E-state index contributed by atoms with van der Waals surface area (Å²) in [6.45, 7) is 4.75. The van der Waals surface area contributed by atoms with Gasteiger partial charge in [0.25, 0.3) is 0 Å². The third kappa shape index (κ3) is 3.46. The number of hydrogen-bond donors (Lipinski definition) is 2. The normalized spacial score (nSPS) is 19.1. The topological polar surface area (TPSA) is 50.4 Å². The highest BCUT2D eigenvalue weighted by Gasteiger charge is 2.17. The van der Waals surface area contributed by atoms with Crippen LogP contribution in [0.4, 0.5) is 10.5 Å². The standard InChI is InChI=1S/C13H18N2O2/c1-9-6-10(2)8-11(7-9)14-13(16)15-12-4-3-5-17-12/h6-8,12H,3-5H2,1-2H3,(H2,14,15,16). The lowest BCUT2D eigenvalue weighted by Gasteiger charge is -2.13. The van der Waals surface area contributed by atoms with Crippen molar-refractivity contribution in [2.45, 2.75) is 32.9 Å². The Morgan fingerprint density at radius 3 is 2.59 bits per heavy atom. The summed E-state index contributed by atoms with van der Waals surface area (Å²) in [5.41, 5.74) is 3.09. The van der Waals surface area contributed by atoms with Gasteiger partial charge < -0.3 is 15.4 Å². The summed E-state index contributed by atoms with van der Waals surface area (Å²) in [5.74, 6) is 0. The first-order valence-corrected chi connectivity index (χ1v) is 5.91. The highest BCUT2D eigenvalue weighted by Crippen LogP contribution is 2.14. The van der Waals surface area contributed by atoms with Gasteiger partial charge in [0.05, 0.1) is 0 Å². The lowest BCUT2D eigenvalue weighted by atomic mass is 10.1. The smallest absolute Gasteiger partial charge is 0.321 e. The van der Waals surface area contributed by atoms with Crippen LogP contribution in [0, 0.1) is 13.8 Å². The Kier molecular flexibility index (Phi) is 3.64. The first-order chi connectivity index (χ1) is 8.13. The van der Waals surface area contributed by atoms with Crippen molar-refractivity contribution in [1.82, 2.24) is 5.32 Å². The van der Waals surface area contributed by atoms with E-state index in [1.807, 2.05) is 26.0 Å². The molecule has 1 aliphatic heterocycles. The Bertz CT molecular complexity index is 392. The summed E-state index contributed by atoms with van der Waals surface area (Å²) in [7, 11) is 0. The van der Waals surface area contributed by atoms with Crippen LogP contribution in [0.25, 0.3) is 0 Å². The van der Waals surface area contributed by atoms with E-state index in [1.54, 1.807) is 0 Å². The predicted molar refractivity (Wildman–Crippen MR) is 67.0 cm³/mol. The molecule has 1 atom stereocenters. The van der Waals surface area contributed by atoms with Crippen molar-refractivity contribution in [3.63, 3.8) is 0 Å². The molecule has 4 nitrogen and oxygen atoms in total. The first kappa shape index (κ1) is 11.9. The van der Waals surface area contributed by atoms with E-state index in [-0.39, 0.29) is 12.3 Å². The molecule has 1 heterocycles. The summed E-state index contributed by atoms with van der Waals surface area (Å²) in [5, 5.41) is 5.61. The molecule has 0 bridgehead atoms. The minimum atomic E-state index is -0.207. The number of carbonyl (C=O) groups is 1. The zero-order valence-corrected chi connectivity index (χ0v) is 10.2. The van der Waals surface area contributed by atoms with Crippen molar-refractivity contribution >= 4 is 11.7 Å². The molecule has 1 aliphatic rings. The van der Waals surface area contributed by atoms with E-state index in [9.17, 15) is 4.79 Å². The summed E-state index contributed by atoms with van der Waals surface area (Å²) < 4.78 is 5.34. The summed E-state index contributed by atoms with van der Waals surface area (Å²) in [6, 6.07) is 5.76. The molecular weight excluding hydrogens is 216 g/mol. The van der Waals surface area contributed by atoms with Gasteiger partial charge in [-0.2, -0.15) is 0 Å². The second-order valence-electron chi connectivity index (χ2n) is 4.48. The Hall–Kier alpha value is -1.55. The molecule has 0 aliphatic carbocycles. The molecular formula is C13H18N2O2. The van der Waals surface area contributed by atoms with Crippen LogP contribution >= 0.6 is 0 Å². The SMILES string of the molecule is Cc1cc(C)cc(NC(=O)NC2CCCO2)c1. The van der Waals surface area contributed by atoms with E-state index in [0.29, 0.717) is 0 Å². The molecule has 17 heavy (non-hydrogen) atoms. The molecule has 2 rings (SSSR count). The van der Waals surface area contributed by atoms with Crippen LogP contribution in [0.2, 0.25) is 0 Å². The van der Waals surface area contributed by atoms with Crippen LogP contribution in [0.5, 0.6) is 0 Å². The number of rotatable bonds is 2. The fraction of sp³-hybridized carbons (Fsp3) is 0.462. The molecule has 0 aromatic heterocycles. The van der Waals surface area contributed by atoms with E-state index >= 15 is 0 Å². The quantitative estimate of drug-likeness (QED) is 0.826. The Morgan fingerprint density at radius 1 is 1.29 bits per heavy atom. The minimum absolute atomic E-state index is 0.138. The van der Waals surface area contributed by atoms with Gasteiger partial charge in [-0.3, -0.25) is 0 Å². The lowest BCUT2D eigenvalue weighted by Crippen LogP contribution is -2.37. The third-order valence-corrected chi connectivity index (χ3v) is 2.70. The van der Waals surface area contributed by atoms with Crippen LogP contribution in [0.3, 0.4) is 0 Å². The van der Waals surface area contributed by atoms with E-state index in [2.05, 4.69) is 16.7 Å². The van der Waals surface area contributed by atoms with Crippen LogP contribution in [0.1, 0.15) is 24.0 Å². The largest absolute Gasteiger partial charge is 0.358 e. The van der Waals surface area contributed by atoms with Crippen molar-refractivity contribution in [2.24, 2.45) is 0 Å². The number of carbonyl (C=O) groups excluding carboxylic acids is 1. The molecule has 1 unspecified atom stereocenters. The number of anilines is 1. The average Bonchev–Trinajstić information content (AvgIpc) is 2.67. The number of amides is 2. The van der Waals surface area contributed by atoms with Crippen molar-refractivity contribution in [3.05, 3.63) is 29.3 Å². The number of hydrogen-bond acceptors (Lipinski definition) is 2. The average molecular weight is 234 g/mol. The van der Waals surface area contributed by atoms with Gasteiger partial charge in [-0.1, -0.05) is 6.07 Å². The predicted octanol–water partition coefficient (Wildman–Crippen LogP) is 2.56. The van der Waals surface area contributed by atoms with Gasteiger partial charge in [-0.15, -0.1) is 0 Å². The maximum atomic E-state index is 11.7. The number of nitrogens with one attached hydrogen (secondary N) is 2. The number of aryl methyl sites for hydroxylation is 2. The van der Waals surface area contributed by atoms with Crippen LogP contribution in [-0.4, -0.2) is 18.9 Å². The summed E-state index contributed by atoms with van der Waals surface area (Å²) in [4.78, 5) is 11.7. The molecule has 1 saturated heterocycles. The number of urea groups is 1. The van der Waals surface area contributed by atoms with Crippen LogP contribution < -0.4 is 10.6 Å². The van der Waals surface area contributed by atoms with Gasteiger partial charge in [0, 0.05) is 12.3 Å². The van der Waals surface area contributed by atoms with E-state index < -0.39 is 0 Å². The monoisotopic (exact) mass is 234 g/mol. The molecule has 1 fully saturated rings. The number of ether oxygens (including phenoxy) is 1. The lowest BCUT2D eigenvalue weighted by molar-refractivity contribution is 0.0928. The van der Waals surface area contributed by atoms with E-state index in [0.717, 1.165) is 36.3 Å². The molecule has 0 saturated carbocycles. The third-order valence-electron chi connectivity index (χ3n) is 2.70. The van der Waals surface area contributed by atoms with Gasteiger partial charge in [-0.25, -0.2) is 4.79 Å². The number of benzene rings is 1. The van der Waals surface area contributed by atoms with Crippen LogP contribution in [0.15, 0.2) is 18.2 Å². The first-order valence-electron chi connectivity index (χ1n) is 5.91. The van der Waals surface area contributed by atoms with Crippen molar-refractivity contribution in [3.8, 4) is 0 Å². The van der Waals surface area contributed by atoms with Crippen LogP contribution in [-0.2, 0) is 4.74 Å². The minimum Gasteiger partial charge on any atom is -0.358 e. The second-order valence-corrected chi connectivity index (χ2v) is 4.48. The molecule has 0 radical (unpaired) electrons. The Labute approximate surface area is 101 Å². The highest BCUT2D eigenvalue weighted by atomic mass is 16.5. The Balaban J connectivity index is 1.92. The molecule has 1 aromatic carbocycles. The fourth-order valence-corrected chi connectivity index (χ4v) is 2.05. The maximum Gasteiger partial charge on any atom is 0.321 e. The molecule has 4 heteroatoms. The second kappa shape index (κ2) is 5.19. The van der Waals surface area contributed by atoms with Crippen molar-refractivity contribution in [1.29, 1.82) is 0 Å². The molecule has 2 amide bonds. The molecule has 2 N–H and O–H groups in total. The Morgan fingerprint density at radius 2 is 2.00 bits per heavy atom. The van der Waals surface area contributed by atoms with E-state index in [1.165, 1.54) is 0 Å². The van der Waals surface area contributed by atoms with Gasteiger partial charge in [-0.05, 0) is 49.9 Å². The van der Waals surface area contributed by atoms with Gasteiger partial charge in [0.15, 0.2) is 0 Å². The van der Waals surface area contributed by atoms with Gasteiger partial charge in [0.1, 0.15) is 6.23 Å². The summed E-state index contributed by atoms with van der Waals surface area (Å²) >= 11 is 0. The summed E-state index contributed by atoms with van der Waals surface area (Å²) in [6.07, 6.45) is 1.76.